The lowest BCUT2D eigenvalue weighted by Crippen LogP contribution is -2.99. The van der Waals surface area contributed by atoms with E-state index in [0.29, 0.717) is 0 Å². The number of hydrazone groups is 1. The van der Waals surface area contributed by atoms with Crippen LogP contribution in [0.3, 0.4) is 0 Å². The Balaban J connectivity index is 1.60. The third-order valence-corrected chi connectivity index (χ3v) is 6.74. The number of anilines is 2. The molecule has 0 aliphatic carbocycles. The number of nitrogens with one attached hydrogen (secondary N) is 2. The van der Waals surface area contributed by atoms with Gasteiger partial charge in [-0.15, -0.1) is 0 Å². The number of aliphatic imine (C=N–C) groups is 1. The normalized spacial score (nSPS) is 15.5. The van der Waals surface area contributed by atoms with Crippen LogP contribution in [-0.4, -0.2) is 23.0 Å². The molecule has 1 heterocycles. The molecule has 37 heavy (non-hydrogen) atoms. The molecule has 0 radical (unpaired) electrons. The first-order valence-corrected chi connectivity index (χ1v) is 12.5. The molecule has 184 valence electrons. The van der Waals surface area contributed by atoms with Gasteiger partial charge in [0.25, 0.3) is 0 Å². The lowest BCUT2D eigenvalue weighted by atomic mass is 10.1. The van der Waals surface area contributed by atoms with Crippen LogP contribution >= 0.6 is 11.8 Å². The zero-order valence-electron chi connectivity index (χ0n) is 20.1. The Labute approximate surface area is 219 Å². The molecule has 5 rings (SSSR count). The zero-order valence-corrected chi connectivity index (χ0v) is 20.9. The molecule has 7 nitrogen and oxygen atoms in total. The summed E-state index contributed by atoms with van der Waals surface area (Å²) in [6, 6.07) is 34.7. The van der Waals surface area contributed by atoms with Gasteiger partial charge in [-0.3, -0.25) is 0 Å². The van der Waals surface area contributed by atoms with Gasteiger partial charge in [-0.05, 0) is 54.2 Å². The molecule has 3 N–H and O–H groups in total. The number of hydrogen-bond acceptors (Lipinski definition) is 7. The van der Waals surface area contributed by atoms with E-state index < -0.39 is 5.23 Å². The summed E-state index contributed by atoms with van der Waals surface area (Å²) in [6.07, 6.45) is 2.04. The third-order valence-electron chi connectivity index (χ3n) is 5.72. The monoisotopic (exact) mass is 507 g/mol. The van der Waals surface area contributed by atoms with Gasteiger partial charge in [-0.25, -0.2) is 15.2 Å². The van der Waals surface area contributed by atoms with Crippen molar-refractivity contribution in [2.24, 2.45) is 10.1 Å². The standard InChI is InChI=1S/C29H25N5O2S/c1-30-25-14-8-9-15-26(25)31-27(21-10-4-2-5-11-21)20-28-33(23-12-6-3-7-13-23)32-29(37-28)22-16-18-24(19-17-22)34(35)36/h2-20,30,34-35H,1H3. The van der Waals surface area contributed by atoms with Crippen molar-refractivity contribution in [2.45, 2.75) is 0 Å². The van der Waals surface area contributed by atoms with E-state index in [1.165, 1.54) is 11.8 Å². The highest BCUT2D eigenvalue weighted by atomic mass is 32.2. The maximum atomic E-state index is 11.3. The van der Waals surface area contributed by atoms with Crippen molar-refractivity contribution in [1.29, 1.82) is 0 Å². The Morgan fingerprint density at radius 2 is 1.57 bits per heavy atom. The molecule has 1 unspecified atom stereocenters. The molecule has 0 aromatic heterocycles. The molecule has 4 aromatic rings. The van der Waals surface area contributed by atoms with Gasteiger partial charge in [-0.1, -0.05) is 60.7 Å². The number of rotatable bonds is 7. The number of thioether (sulfide) groups is 1. The first kappa shape index (κ1) is 24.5. The quantitative estimate of drug-likeness (QED) is 0.220. The first-order chi connectivity index (χ1) is 18.1. The van der Waals surface area contributed by atoms with Crippen LogP contribution in [0.1, 0.15) is 11.1 Å². The van der Waals surface area contributed by atoms with Gasteiger partial charge in [0.05, 0.1) is 22.8 Å². The van der Waals surface area contributed by atoms with Gasteiger partial charge in [0.1, 0.15) is 10.1 Å². The molecular formula is C29H25N5O2S. The van der Waals surface area contributed by atoms with Gasteiger partial charge in [0.2, 0.25) is 0 Å². The molecule has 0 saturated heterocycles. The van der Waals surface area contributed by atoms with Crippen molar-refractivity contribution in [1.82, 2.24) is 0 Å². The number of nitrogens with zero attached hydrogens (tertiary/aromatic N) is 3. The Morgan fingerprint density at radius 3 is 2.24 bits per heavy atom. The minimum absolute atomic E-state index is 0.240. The first-order valence-electron chi connectivity index (χ1n) is 11.7. The van der Waals surface area contributed by atoms with Crippen LogP contribution in [0.4, 0.5) is 22.7 Å². The van der Waals surface area contributed by atoms with Gasteiger partial charge >= 0.3 is 0 Å². The summed E-state index contributed by atoms with van der Waals surface area (Å²) in [5.41, 5.74) is 5.55. The molecular weight excluding hydrogens is 482 g/mol. The molecule has 0 bridgehead atoms. The van der Waals surface area contributed by atoms with Crippen molar-refractivity contribution in [2.75, 3.05) is 17.4 Å². The summed E-state index contributed by atoms with van der Waals surface area (Å²) in [5, 5.41) is 31.3. The van der Waals surface area contributed by atoms with Gasteiger partial charge < -0.3 is 10.5 Å². The second-order valence-corrected chi connectivity index (χ2v) is 9.16. The summed E-state index contributed by atoms with van der Waals surface area (Å²) in [4.78, 5) is 5.04. The second kappa shape index (κ2) is 11.2. The fraction of sp³-hybridized carbons (Fsp3) is 0.0345. The Kier molecular flexibility index (Phi) is 7.43. The zero-order chi connectivity index (χ0) is 25.6. The summed E-state index contributed by atoms with van der Waals surface area (Å²) < 4.78 is 0. The molecule has 8 heteroatoms. The van der Waals surface area contributed by atoms with Crippen LogP contribution in [0, 0.1) is 5.21 Å². The van der Waals surface area contributed by atoms with Crippen molar-refractivity contribution < 1.29 is 10.4 Å². The average Bonchev–Trinajstić information content (AvgIpc) is 3.38. The van der Waals surface area contributed by atoms with Gasteiger partial charge in [-0.2, -0.15) is 10.3 Å². The van der Waals surface area contributed by atoms with Crippen LogP contribution in [0.15, 0.2) is 130 Å². The molecule has 0 spiro atoms. The summed E-state index contributed by atoms with van der Waals surface area (Å²) in [6.45, 7) is 0. The topological polar surface area (TPSA) is 87.7 Å². The van der Waals surface area contributed by atoms with Crippen LogP contribution < -0.4 is 15.6 Å². The highest BCUT2D eigenvalue weighted by Crippen LogP contribution is 2.37. The van der Waals surface area contributed by atoms with Crippen molar-refractivity contribution in [3.8, 4) is 0 Å². The number of para-hydroxylation sites is 3. The minimum atomic E-state index is -0.954. The van der Waals surface area contributed by atoms with E-state index >= 15 is 0 Å². The van der Waals surface area contributed by atoms with E-state index in [2.05, 4.69) is 5.32 Å². The molecule has 1 aliphatic rings. The lowest BCUT2D eigenvalue weighted by Gasteiger charge is -2.16. The van der Waals surface area contributed by atoms with Crippen LogP contribution in [0.2, 0.25) is 0 Å². The Hall–Kier alpha value is -4.21. The second-order valence-electron chi connectivity index (χ2n) is 8.15. The number of benzene rings is 4. The van der Waals surface area contributed by atoms with E-state index in [1.54, 1.807) is 24.3 Å². The molecule has 0 amide bonds. The van der Waals surface area contributed by atoms with Crippen LogP contribution in [-0.2, 0) is 0 Å². The highest BCUT2D eigenvalue weighted by molar-refractivity contribution is 8.18. The smallest absolute Gasteiger partial charge is 0.163 e. The van der Waals surface area contributed by atoms with Gasteiger partial charge in [0, 0.05) is 30.3 Å². The molecule has 1 aliphatic heterocycles. The van der Waals surface area contributed by atoms with E-state index in [9.17, 15) is 10.4 Å². The largest absolute Gasteiger partial charge is 0.595 e. The number of quaternary nitrogens is 1. The highest BCUT2D eigenvalue weighted by Gasteiger charge is 2.25. The summed E-state index contributed by atoms with van der Waals surface area (Å²) in [5.74, 6) is 0. The molecule has 1 atom stereocenters. The average molecular weight is 508 g/mol. The summed E-state index contributed by atoms with van der Waals surface area (Å²) >= 11 is 1.52. The van der Waals surface area contributed by atoms with Crippen molar-refractivity contribution in [3.05, 3.63) is 137 Å². The minimum Gasteiger partial charge on any atom is -0.595 e. The van der Waals surface area contributed by atoms with E-state index in [1.807, 2.05) is 103 Å². The molecule has 0 saturated carbocycles. The molecule has 0 fully saturated rings. The Bertz CT molecular complexity index is 1450. The SMILES string of the molecule is CNc1ccccc1N=C(C=C1SC(c2ccc([NH+]([O-])O)cc2)=NN1c1ccccc1)c1ccccc1. The van der Waals surface area contributed by atoms with Crippen molar-refractivity contribution in [3.63, 3.8) is 0 Å². The maximum Gasteiger partial charge on any atom is 0.163 e. The lowest BCUT2D eigenvalue weighted by molar-refractivity contribution is -0.991. The van der Waals surface area contributed by atoms with E-state index in [-0.39, 0.29) is 5.69 Å². The van der Waals surface area contributed by atoms with E-state index in [4.69, 9.17) is 10.1 Å². The Morgan fingerprint density at radius 1 is 0.919 bits per heavy atom. The predicted octanol–water partition coefficient (Wildman–Crippen LogP) is 5.71. The van der Waals surface area contributed by atoms with Crippen LogP contribution in [0.25, 0.3) is 0 Å². The summed E-state index contributed by atoms with van der Waals surface area (Å²) in [7, 11) is 1.88. The number of allylic oxidation sites excluding steroid dienone is 1. The number of hydrogen-bond donors (Lipinski definition) is 3. The maximum absolute atomic E-state index is 11.3. The van der Waals surface area contributed by atoms with Crippen molar-refractivity contribution >= 4 is 45.3 Å². The fourth-order valence-electron chi connectivity index (χ4n) is 3.84. The third kappa shape index (κ3) is 5.63. The molecule has 4 aromatic carbocycles. The fourth-order valence-corrected chi connectivity index (χ4v) is 4.82. The van der Waals surface area contributed by atoms with Gasteiger partial charge in [0.15, 0.2) is 5.69 Å². The van der Waals surface area contributed by atoms with Crippen LogP contribution in [0.5, 0.6) is 0 Å². The van der Waals surface area contributed by atoms with E-state index in [0.717, 1.165) is 44.0 Å². The predicted molar refractivity (Wildman–Crippen MR) is 152 cm³/mol.